The van der Waals surface area contributed by atoms with Crippen molar-refractivity contribution in [2.45, 2.75) is 0 Å². The lowest BCUT2D eigenvalue weighted by molar-refractivity contribution is 0.0300. The van der Waals surface area contributed by atoms with Crippen molar-refractivity contribution in [2.24, 2.45) is 0 Å². The Morgan fingerprint density at radius 1 is 1.07 bits per heavy atom. The maximum Gasteiger partial charge on any atom is 0.261 e. The zero-order chi connectivity index (χ0) is 19.3. The van der Waals surface area contributed by atoms with Gasteiger partial charge in [-0.15, -0.1) is 0 Å². The minimum absolute atomic E-state index is 0.181. The molecular weight excluding hydrogens is 378 g/mol. The van der Waals surface area contributed by atoms with Gasteiger partial charge in [0.2, 0.25) is 5.88 Å². The van der Waals surface area contributed by atoms with Crippen molar-refractivity contribution < 1.29 is 14.3 Å². The van der Waals surface area contributed by atoms with Crippen LogP contribution in [0.25, 0.3) is 11.4 Å². The van der Waals surface area contributed by atoms with Gasteiger partial charge >= 0.3 is 0 Å². The molecule has 0 spiro atoms. The first kappa shape index (κ1) is 18.4. The molecule has 142 valence electrons. The Kier molecular flexibility index (Phi) is 5.50. The van der Waals surface area contributed by atoms with Gasteiger partial charge in [-0.05, 0) is 18.2 Å². The molecule has 28 heavy (non-hydrogen) atoms. The zero-order valence-electron chi connectivity index (χ0n) is 15.0. The molecule has 1 fully saturated rings. The van der Waals surface area contributed by atoms with E-state index in [0.717, 1.165) is 5.56 Å². The minimum Gasteiger partial charge on any atom is -0.438 e. The standard InChI is InChI=1S/C21H18ClN3O3/c22-16-7-4-8-17(13-16)28-20-18(21(26)25-9-11-27-12-10-25)14-23-19(24-20)15-5-2-1-3-6-15/h1-8,13-14H,9-12H2. The van der Waals surface area contributed by atoms with Gasteiger partial charge in [-0.1, -0.05) is 48.0 Å². The molecule has 1 aliphatic rings. The van der Waals surface area contributed by atoms with Crippen molar-refractivity contribution >= 4 is 17.5 Å². The molecule has 2 aromatic carbocycles. The summed E-state index contributed by atoms with van der Waals surface area (Å²) >= 11 is 6.06. The minimum atomic E-state index is -0.181. The van der Waals surface area contributed by atoms with Gasteiger partial charge in [0.1, 0.15) is 11.3 Å². The summed E-state index contributed by atoms with van der Waals surface area (Å²) in [6, 6.07) is 16.5. The molecule has 7 heteroatoms. The van der Waals surface area contributed by atoms with Crippen molar-refractivity contribution in [3.8, 4) is 23.0 Å². The fourth-order valence-electron chi connectivity index (χ4n) is 2.90. The molecule has 0 unspecified atom stereocenters. The Labute approximate surface area is 167 Å². The number of aromatic nitrogens is 2. The van der Waals surface area contributed by atoms with Crippen LogP contribution in [0, 0.1) is 0 Å². The van der Waals surface area contributed by atoms with E-state index in [4.69, 9.17) is 21.1 Å². The average molecular weight is 396 g/mol. The fraction of sp³-hybridized carbons (Fsp3) is 0.190. The Hall–Kier alpha value is -2.96. The molecular formula is C21H18ClN3O3. The van der Waals surface area contributed by atoms with E-state index in [1.54, 1.807) is 29.2 Å². The second-order valence-corrected chi connectivity index (χ2v) is 6.68. The van der Waals surface area contributed by atoms with E-state index in [2.05, 4.69) is 9.97 Å². The number of halogens is 1. The summed E-state index contributed by atoms with van der Waals surface area (Å²) < 4.78 is 11.3. The van der Waals surface area contributed by atoms with Crippen LogP contribution in [0.15, 0.2) is 60.8 Å². The first-order chi connectivity index (χ1) is 13.7. The van der Waals surface area contributed by atoms with Crippen molar-refractivity contribution in [2.75, 3.05) is 26.3 Å². The Morgan fingerprint density at radius 2 is 1.86 bits per heavy atom. The van der Waals surface area contributed by atoms with Gasteiger partial charge in [-0.2, -0.15) is 4.98 Å². The summed E-state index contributed by atoms with van der Waals surface area (Å²) in [5, 5.41) is 0.538. The zero-order valence-corrected chi connectivity index (χ0v) is 15.8. The molecule has 1 aromatic heterocycles. The van der Waals surface area contributed by atoms with Crippen molar-refractivity contribution in [1.82, 2.24) is 14.9 Å². The van der Waals surface area contributed by atoms with Gasteiger partial charge in [0.25, 0.3) is 5.91 Å². The summed E-state index contributed by atoms with van der Waals surface area (Å²) in [6.45, 7) is 2.07. The molecule has 1 amide bonds. The quantitative estimate of drug-likeness (QED) is 0.666. The van der Waals surface area contributed by atoms with Crippen LogP contribution < -0.4 is 4.74 Å². The van der Waals surface area contributed by atoms with E-state index in [1.165, 1.54) is 6.20 Å². The first-order valence-electron chi connectivity index (χ1n) is 8.93. The second kappa shape index (κ2) is 8.37. The van der Waals surface area contributed by atoms with Crippen LogP contribution in [-0.2, 0) is 4.74 Å². The van der Waals surface area contributed by atoms with Crippen LogP contribution >= 0.6 is 11.6 Å². The monoisotopic (exact) mass is 395 g/mol. The molecule has 0 bridgehead atoms. The molecule has 2 heterocycles. The third kappa shape index (κ3) is 4.13. The number of carbonyl (C=O) groups excluding carboxylic acids is 1. The van der Waals surface area contributed by atoms with Gasteiger partial charge in [-0.3, -0.25) is 4.79 Å². The normalized spacial score (nSPS) is 14.0. The number of ether oxygens (including phenoxy) is 2. The van der Waals surface area contributed by atoms with E-state index in [1.807, 2.05) is 30.3 Å². The molecule has 1 saturated heterocycles. The average Bonchev–Trinajstić information content (AvgIpc) is 2.74. The molecule has 0 atom stereocenters. The van der Waals surface area contributed by atoms with E-state index in [-0.39, 0.29) is 11.8 Å². The number of morpholine rings is 1. The van der Waals surface area contributed by atoms with E-state index in [9.17, 15) is 4.79 Å². The molecule has 6 nitrogen and oxygen atoms in total. The molecule has 1 aliphatic heterocycles. The predicted octanol–water partition coefficient (Wildman–Crippen LogP) is 4.06. The highest BCUT2D eigenvalue weighted by molar-refractivity contribution is 6.30. The van der Waals surface area contributed by atoms with Gasteiger partial charge in [0, 0.05) is 29.9 Å². The largest absolute Gasteiger partial charge is 0.438 e. The number of nitrogens with zero attached hydrogens (tertiary/aromatic N) is 3. The third-order valence-electron chi connectivity index (χ3n) is 4.33. The number of benzene rings is 2. The fourth-order valence-corrected chi connectivity index (χ4v) is 3.08. The summed E-state index contributed by atoms with van der Waals surface area (Å²) in [7, 11) is 0. The van der Waals surface area contributed by atoms with Crippen LogP contribution in [-0.4, -0.2) is 47.1 Å². The Balaban J connectivity index is 1.72. The van der Waals surface area contributed by atoms with Gasteiger partial charge in [0.05, 0.1) is 13.2 Å². The summed E-state index contributed by atoms with van der Waals surface area (Å²) in [6.07, 6.45) is 1.52. The highest BCUT2D eigenvalue weighted by atomic mass is 35.5. The third-order valence-corrected chi connectivity index (χ3v) is 4.56. The lowest BCUT2D eigenvalue weighted by Crippen LogP contribution is -2.40. The number of amides is 1. The lowest BCUT2D eigenvalue weighted by Gasteiger charge is -2.27. The van der Waals surface area contributed by atoms with Crippen LogP contribution in [0.4, 0.5) is 0 Å². The van der Waals surface area contributed by atoms with Crippen molar-refractivity contribution in [3.05, 3.63) is 71.4 Å². The molecule has 0 aliphatic carbocycles. The van der Waals surface area contributed by atoms with E-state index >= 15 is 0 Å². The molecule has 0 saturated carbocycles. The van der Waals surface area contributed by atoms with Crippen LogP contribution in [0.5, 0.6) is 11.6 Å². The number of rotatable bonds is 4. The number of carbonyl (C=O) groups is 1. The van der Waals surface area contributed by atoms with E-state index < -0.39 is 0 Å². The SMILES string of the molecule is O=C(c1cnc(-c2ccccc2)nc1Oc1cccc(Cl)c1)N1CCOCC1. The summed E-state index contributed by atoms with van der Waals surface area (Å²) in [5.41, 5.74) is 1.14. The lowest BCUT2D eigenvalue weighted by atomic mass is 10.2. The summed E-state index contributed by atoms with van der Waals surface area (Å²) in [5.74, 6) is 1.00. The Morgan fingerprint density at radius 3 is 2.61 bits per heavy atom. The summed E-state index contributed by atoms with van der Waals surface area (Å²) in [4.78, 5) is 23.6. The molecule has 0 N–H and O–H groups in total. The molecule has 0 radical (unpaired) electrons. The maximum absolute atomic E-state index is 13.0. The maximum atomic E-state index is 13.0. The van der Waals surface area contributed by atoms with Crippen molar-refractivity contribution in [3.63, 3.8) is 0 Å². The van der Waals surface area contributed by atoms with Crippen LogP contribution in [0.3, 0.4) is 0 Å². The van der Waals surface area contributed by atoms with Crippen LogP contribution in [0.2, 0.25) is 5.02 Å². The van der Waals surface area contributed by atoms with Crippen LogP contribution in [0.1, 0.15) is 10.4 Å². The smallest absolute Gasteiger partial charge is 0.261 e. The van der Waals surface area contributed by atoms with E-state index in [0.29, 0.717) is 48.5 Å². The van der Waals surface area contributed by atoms with Gasteiger partial charge < -0.3 is 14.4 Å². The number of hydrogen-bond donors (Lipinski definition) is 0. The molecule has 4 rings (SSSR count). The highest BCUT2D eigenvalue weighted by Gasteiger charge is 2.24. The van der Waals surface area contributed by atoms with Crippen molar-refractivity contribution in [1.29, 1.82) is 0 Å². The topological polar surface area (TPSA) is 64.5 Å². The van der Waals surface area contributed by atoms with Gasteiger partial charge in [-0.25, -0.2) is 4.98 Å². The number of hydrogen-bond acceptors (Lipinski definition) is 5. The first-order valence-corrected chi connectivity index (χ1v) is 9.31. The highest BCUT2D eigenvalue weighted by Crippen LogP contribution is 2.28. The molecule has 3 aromatic rings. The Bertz CT molecular complexity index is 976. The second-order valence-electron chi connectivity index (χ2n) is 6.24. The van der Waals surface area contributed by atoms with Gasteiger partial charge in [0.15, 0.2) is 5.82 Å². The predicted molar refractivity (Wildman–Crippen MR) is 106 cm³/mol.